The number of likely N-dealkylation sites (tertiary alicyclic amines) is 1. The predicted molar refractivity (Wildman–Crippen MR) is 69.7 cm³/mol. The van der Waals surface area contributed by atoms with Crippen LogP contribution >= 0.6 is 0 Å². The molecule has 0 radical (unpaired) electrons. The van der Waals surface area contributed by atoms with Crippen molar-refractivity contribution in [1.82, 2.24) is 10.3 Å². The number of nitrogens with zero attached hydrogens (tertiary/aromatic N) is 1. The van der Waals surface area contributed by atoms with Gasteiger partial charge in [-0.25, -0.2) is 5.84 Å². The lowest BCUT2D eigenvalue weighted by Gasteiger charge is -2.37. The molecule has 5 heteroatoms. The number of rotatable bonds is 3. The van der Waals surface area contributed by atoms with Crippen molar-refractivity contribution in [2.75, 3.05) is 13.1 Å². The molecule has 0 aliphatic carbocycles. The number of piperidine rings is 1. The highest BCUT2D eigenvalue weighted by molar-refractivity contribution is 5.80. The molecule has 104 valence electrons. The van der Waals surface area contributed by atoms with Crippen LogP contribution in [-0.4, -0.2) is 42.1 Å². The van der Waals surface area contributed by atoms with Crippen molar-refractivity contribution >= 4 is 5.91 Å². The zero-order valence-corrected chi connectivity index (χ0v) is 11.4. The van der Waals surface area contributed by atoms with Gasteiger partial charge in [-0.3, -0.25) is 15.1 Å². The molecule has 0 saturated carbocycles. The molecule has 0 aromatic carbocycles. The van der Waals surface area contributed by atoms with Gasteiger partial charge in [-0.15, -0.1) is 0 Å². The van der Waals surface area contributed by atoms with Crippen LogP contribution in [0.25, 0.3) is 0 Å². The number of carbonyl (C=O) groups is 1. The van der Waals surface area contributed by atoms with E-state index in [1.165, 1.54) is 12.8 Å². The summed E-state index contributed by atoms with van der Waals surface area (Å²) in [7, 11) is 0. The molecule has 2 rings (SSSR count). The second-order valence-electron chi connectivity index (χ2n) is 5.81. The molecule has 18 heavy (non-hydrogen) atoms. The molecule has 4 atom stereocenters. The number of hydrogen-bond acceptors (Lipinski definition) is 4. The van der Waals surface area contributed by atoms with Crippen LogP contribution in [-0.2, 0) is 9.53 Å². The third kappa shape index (κ3) is 3.22. The van der Waals surface area contributed by atoms with Crippen molar-refractivity contribution < 1.29 is 9.53 Å². The summed E-state index contributed by atoms with van der Waals surface area (Å²) < 4.78 is 5.76. The van der Waals surface area contributed by atoms with Crippen molar-refractivity contribution in [2.45, 2.75) is 57.8 Å². The van der Waals surface area contributed by atoms with E-state index >= 15 is 0 Å². The van der Waals surface area contributed by atoms with E-state index in [4.69, 9.17) is 10.6 Å². The third-order valence-electron chi connectivity index (χ3n) is 4.26. The molecule has 3 N–H and O–H groups in total. The molecule has 2 fully saturated rings. The first-order valence-electron chi connectivity index (χ1n) is 7.00. The van der Waals surface area contributed by atoms with Crippen LogP contribution in [0.3, 0.4) is 0 Å². The highest BCUT2D eigenvalue weighted by Crippen LogP contribution is 2.26. The first-order chi connectivity index (χ1) is 8.60. The lowest BCUT2D eigenvalue weighted by Crippen LogP contribution is -2.45. The van der Waals surface area contributed by atoms with Gasteiger partial charge < -0.3 is 4.74 Å². The number of amides is 1. The zero-order chi connectivity index (χ0) is 13.1. The number of nitrogens with one attached hydrogen (secondary N) is 1. The van der Waals surface area contributed by atoms with E-state index in [2.05, 4.69) is 24.2 Å². The van der Waals surface area contributed by atoms with Gasteiger partial charge in [0.1, 0.15) is 6.10 Å². The van der Waals surface area contributed by atoms with Gasteiger partial charge in [-0.2, -0.15) is 0 Å². The Labute approximate surface area is 109 Å². The lowest BCUT2D eigenvalue weighted by molar-refractivity contribution is -0.132. The van der Waals surface area contributed by atoms with Crippen molar-refractivity contribution in [1.29, 1.82) is 0 Å². The zero-order valence-electron chi connectivity index (χ0n) is 11.4. The molecule has 2 aliphatic heterocycles. The van der Waals surface area contributed by atoms with E-state index in [9.17, 15) is 4.79 Å². The summed E-state index contributed by atoms with van der Waals surface area (Å²) in [6.45, 7) is 6.70. The van der Waals surface area contributed by atoms with Gasteiger partial charge in [0.25, 0.3) is 5.91 Å². The van der Waals surface area contributed by atoms with Crippen molar-refractivity contribution in [3.8, 4) is 0 Å². The Morgan fingerprint density at radius 1 is 1.39 bits per heavy atom. The average Bonchev–Trinajstić information content (AvgIpc) is 2.80. The summed E-state index contributed by atoms with van der Waals surface area (Å²) >= 11 is 0. The Balaban J connectivity index is 1.79. The molecular weight excluding hydrogens is 230 g/mol. The quantitative estimate of drug-likeness (QED) is 0.441. The SMILES string of the molecule is CC1CCN(CC2CCC(C(=O)NN)O2)C(C)C1. The summed E-state index contributed by atoms with van der Waals surface area (Å²) in [6.07, 6.45) is 4.11. The minimum atomic E-state index is -0.348. The van der Waals surface area contributed by atoms with E-state index in [1.807, 2.05) is 0 Å². The summed E-state index contributed by atoms with van der Waals surface area (Å²) in [4.78, 5) is 13.9. The highest BCUT2D eigenvalue weighted by atomic mass is 16.5. The fraction of sp³-hybridized carbons (Fsp3) is 0.923. The Kier molecular flexibility index (Phi) is 4.59. The van der Waals surface area contributed by atoms with E-state index in [-0.39, 0.29) is 18.1 Å². The number of hydrogen-bond donors (Lipinski definition) is 2. The van der Waals surface area contributed by atoms with E-state index < -0.39 is 0 Å². The second kappa shape index (κ2) is 5.99. The molecule has 2 heterocycles. The van der Waals surface area contributed by atoms with E-state index in [0.717, 1.165) is 31.8 Å². The summed E-state index contributed by atoms with van der Waals surface area (Å²) in [5.41, 5.74) is 2.17. The molecule has 2 aliphatic rings. The Morgan fingerprint density at radius 3 is 2.83 bits per heavy atom. The first-order valence-corrected chi connectivity index (χ1v) is 7.00. The molecule has 4 unspecified atom stereocenters. The fourth-order valence-electron chi connectivity index (χ4n) is 3.11. The van der Waals surface area contributed by atoms with Gasteiger partial charge in [0.15, 0.2) is 0 Å². The van der Waals surface area contributed by atoms with Gasteiger partial charge in [-0.1, -0.05) is 6.92 Å². The molecule has 0 bridgehead atoms. The van der Waals surface area contributed by atoms with Crippen LogP contribution in [0.4, 0.5) is 0 Å². The van der Waals surface area contributed by atoms with Crippen LogP contribution in [0.2, 0.25) is 0 Å². The number of ether oxygens (including phenoxy) is 1. The summed E-state index contributed by atoms with van der Waals surface area (Å²) in [5, 5.41) is 0. The van der Waals surface area contributed by atoms with Gasteiger partial charge in [0.2, 0.25) is 0 Å². The van der Waals surface area contributed by atoms with Crippen molar-refractivity contribution in [3.63, 3.8) is 0 Å². The summed E-state index contributed by atoms with van der Waals surface area (Å²) in [6, 6.07) is 0.625. The van der Waals surface area contributed by atoms with Gasteiger partial charge >= 0.3 is 0 Å². The number of hydrazine groups is 1. The normalized spacial score (nSPS) is 37.7. The Morgan fingerprint density at radius 2 is 2.17 bits per heavy atom. The van der Waals surface area contributed by atoms with Crippen LogP contribution in [0.15, 0.2) is 0 Å². The lowest BCUT2D eigenvalue weighted by atomic mass is 9.93. The second-order valence-corrected chi connectivity index (χ2v) is 5.81. The Hall–Kier alpha value is -0.650. The first kappa shape index (κ1) is 13.8. The van der Waals surface area contributed by atoms with Crippen molar-refractivity contribution in [2.24, 2.45) is 11.8 Å². The minimum Gasteiger partial charge on any atom is -0.364 e. The Bertz CT molecular complexity index is 298. The predicted octanol–water partition coefficient (Wildman–Crippen LogP) is 0.644. The smallest absolute Gasteiger partial charge is 0.263 e. The number of carbonyl (C=O) groups excluding carboxylic acids is 1. The van der Waals surface area contributed by atoms with E-state index in [1.54, 1.807) is 0 Å². The maximum Gasteiger partial charge on any atom is 0.263 e. The van der Waals surface area contributed by atoms with Gasteiger partial charge in [-0.05, 0) is 45.1 Å². The molecule has 0 aromatic heterocycles. The summed E-state index contributed by atoms with van der Waals surface area (Å²) in [5.74, 6) is 5.76. The van der Waals surface area contributed by atoms with Crippen LogP contribution in [0, 0.1) is 5.92 Å². The van der Waals surface area contributed by atoms with Gasteiger partial charge in [0, 0.05) is 12.6 Å². The molecule has 1 amide bonds. The maximum atomic E-state index is 11.4. The molecule has 0 aromatic rings. The highest BCUT2D eigenvalue weighted by Gasteiger charge is 2.33. The molecular formula is C13H25N3O2. The van der Waals surface area contributed by atoms with Crippen LogP contribution in [0.1, 0.15) is 39.5 Å². The number of nitrogens with two attached hydrogens (primary N) is 1. The van der Waals surface area contributed by atoms with Crippen LogP contribution in [0.5, 0.6) is 0 Å². The van der Waals surface area contributed by atoms with Crippen LogP contribution < -0.4 is 11.3 Å². The molecule has 0 spiro atoms. The van der Waals surface area contributed by atoms with Crippen molar-refractivity contribution in [3.05, 3.63) is 0 Å². The fourth-order valence-corrected chi connectivity index (χ4v) is 3.11. The average molecular weight is 255 g/mol. The third-order valence-corrected chi connectivity index (χ3v) is 4.26. The monoisotopic (exact) mass is 255 g/mol. The standard InChI is InChI=1S/C13H25N3O2/c1-9-5-6-16(10(2)7-9)8-11-3-4-12(18-11)13(17)15-14/h9-12H,3-8,14H2,1-2H3,(H,15,17). The largest absolute Gasteiger partial charge is 0.364 e. The van der Waals surface area contributed by atoms with E-state index in [0.29, 0.717) is 6.04 Å². The molecule has 5 nitrogen and oxygen atoms in total. The van der Waals surface area contributed by atoms with Gasteiger partial charge in [0.05, 0.1) is 6.10 Å². The molecule has 2 saturated heterocycles. The minimum absolute atomic E-state index is 0.183. The topological polar surface area (TPSA) is 67.6 Å². The maximum absolute atomic E-state index is 11.4.